The first-order chi connectivity index (χ1) is 13.8. The summed E-state index contributed by atoms with van der Waals surface area (Å²) in [6, 6.07) is 10.5. The Balaban J connectivity index is 1.72. The number of furan rings is 1. The summed E-state index contributed by atoms with van der Waals surface area (Å²) in [6.45, 7) is 1.34. The number of benzene rings is 1. The van der Waals surface area contributed by atoms with Crippen LogP contribution in [0.5, 0.6) is 0 Å². The van der Waals surface area contributed by atoms with Crippen LogP contribution in [-0.4, -0.2) is 28.4 Å². The maximum atomic E-state index is 12.3. The number of nitro groups is 1. The normalized spacial score (nSPS) is 12.8. The van der Waals surface area contributed by atoms with Crippen molar-refractivity contribution >= 4 is 34.5 Å². The van der Waals surface area contributed by atoms with Crippen LogP contribution < -0.4 is 10.6 Å². The molecule has 2 heterocycles. The zero-order chi connectivity index (χ0) is 21.0. The van der Waals surface area contributed by atoms with Gasteiger partial charge in [0.25, 0.3) is 5.69 Å². The maximum Gasteiger partial charge on any atom is 0.313 e. The van der Waals surface area contributed by atoms with Gasteiger partial charge < -0.3 is 20.2 Å². The van der Waals surface area contributed by atoms with Crippen molar-refractivity contribution in [1.82, 2.24) is 5.32 Å². The average molecular weight is 415 g/mol. The number of hydrogen-bond acceptors (Lipinski definition) is 7. The summed E-state index contributed by atoms with van der Waals surface area (Å²) in [5.74, 6) is -1.80. The van der Waals surface area contributed by atoms with E-state index in [-0.39, 0.29) is 23.7 Å². The quantitative estimate of drug-likeness (QED) is 0.322. The van der Waals surface area contributed by atoms with E-state index >= 15 is 0 Å². The number of nitrogens with zero attached hydrogens (tertiary/aromatic N) is 1. The molecule has 3 N–H and O–H groups in total. The molecule has 0 fully saturated rings. The zero-order valence-corrected chi connectivity index (χ0v) is 16.1. The Morgan fingerprint density at radius 1 is 1.24 bits per heavy atom. The largest absolute Gasteiger partial charge is 0.466 e. The van der Waals surface area contributed by atoms with Gasteiger partial charge in [-0.2, -0.15) is 0 Å². The number of aryl methyl sites for hydroxylation is 1. The molecule has 150 valence electrons. The first-order valence-electron chi connectivity index (χ1n) is 8.46. The highest BCUT2D eigenvalue weighted by molar-refractivity contribution is 7.10. The third-order valence-corrected chi connectivity index (χ3v) is 5.27. The first-order valence-corrected chi connectivity index (χ1v) is 9.34. The van der Waals surface area contributed by atoms with Crippen LogP contribution in [-0.2, 0) is 15.2 Å². The number of nitrogens with one attached hydrogen (secondary N) is 2. The predicted molar refractivity (Wildman–Crippen MR) is 105 cm³/mol. The minimum Gasteiger partial charge on any atom is -0.466 e. The van der Waals surface area contributed by atoms with E-state index in [0.717, 1.165) is 0 Å². The second-order valence-electron chi connectivity index (χ2n) is 6.21. The minimum atomic E-state index is -1.64. The zero-order valence-electron chi connectivity index (χ0n) is 15.2. The van der Waals surface area contributed by atoms with Crippen LogP contribution in [0.2, 0.25) is 0 Å². The van der Waals surface area contributed by atoms with Gasteiger partial charge in [-0.1, -0.05) is 12.1 Å². The molecular weight excluding hydrogens is 398 g/mol. The van der Waals surface area contributed by atoms with Crippen LogP contribution in [0.1, 0.15) is 16.2 Å². The molecule has 0 aliphatic heterocycles. The standard InChI is InChI=1S/C19H17N3O6S/c1-12-6-7-13(22(26)27)10-14(12)21-18(24)17(23)20-11-19(25,15-4-2-8-28-15)16-5-3-9-29-16/h2-10,25H,11H2,1H3,(H,20,23)(H,21,24). The highest BCUT2D eigenvalue weighted by Crippen LogP contribution is 2.32. The molecule has 9 nitrogen and oxygen atoms in total. The Kier molecular flexibility index (Phi) is 5.76. The monoisotopic (exact) mass is 415 g/mol. The number of anilines is 1. The lowest BCUT2D eigenvalue weighted by molar-refractivity contribution is -0.384. The summed E-state index contributed by atoms with van der Waals surface area (Å²) in [7, 11) is 0. The van der Waals surface area contributed by atoms with E-state index in [1.54, 1.807) is 36.6 Å². The average Bonchev–Trinajstić information content (AvgIpc) is 3.41. The van der Waals surface area contributed by atoms with E-state index in [9.17, 15) is 24.8 Å². The Morgan fingerprint density at radius 3 is 2.66 bits per heavy atom. The van der Waals surface area contributed by atoms with Crippen molar-refractivity contribution in [3.63, 3.8) is 0 Å². The highest BCUT2D eigenvalue weighted by atomic mass is 32.1. The van der Waals surface area contributed by atoms with Crippen molar-refractivity contribution in [3.05, 3.63) is 80.4 Å². The molecule has 0 bridgehead atoms. The summed E-state index contributed by atoms with van der Waals surface area (Å²) in [5.41, 5.74) is -1.15. The van der Waals surface area contributed by atoms with E-state index in [1.165, 1.54) is 35.8 Å². The van der Waals surface area contributed by atoms with Crippen molar-refractivity contribution in [1.29, 1.82) is 0 Å². The molecule has 3 aromatic rings. The summed E-state index contributed by atoms with van der Waals surface area (Å²) < 4.78 is 5.30. The Hall–Kier alpha value is -3.50. The van der Waals surface area contributed by atoms with Gasteiger partial charge in [-0.05, 0) is 36.1 Å². The first kappa shape index (κ1) is 20.2. The summed E-state index contributed by atoms with van der Waals surface area (Å²) >= 11 is 1.27. The fourth-order valence-corrected chi connectivity index (χ4v) is 3.48. The topological polar surface area (TPSA) is 135 Å². The molecule has 1 atom stereocenters. The number of rotatable bonds is 6. The molecule has 0 saturated carbocycles. The van der Waals surface area contributed by atoms with Crippen LogP contribution in [0.25, 0.3) is 0 Å². The Labute approximate surface area is 169 Å². The molecule has 0 aliphatic rings. The Bertz CT molecular complexity index is 996. The number of hydrogen-bond donors (Lipinski definition) is 3. The number of amides is 2. The van der Waals surface area contributed by atoms with Gasteiger partial charge in [0.05, 0.1) is 23.4 Å². The third kappa shape index (κ3) is 4.33. The molecule has 0 spiro atoms. The molecule has 0 saturated heterocycles. The van der Waals surface area contributed by atoms with Crippen LogP contribution in [0.4, 0.5) is 11.4 Å². The molecule has 2 amide bonds. The Morgan fingerprint density at radius 2 is 2.03 bits per heavy atom. The summed E-state index contributed by atoms with van der Waals surface area (Å²) in [6.07, 6.45) is 1.40. The van der Waals surface area contributed by atoms with Crippen LogP contribution in [0.3, 0.4) is 0 Å². The maximum absolute atomic E-state index is 12.3. The molecule has 10 heteroatoms. The smallest absolute Gasteiger partial charge is 0.313 e. The number of nitro benzene ring substituents is 1. The lowest BCUT2D eigenvalue weighted by Crippen LogP contribution is -2.44. The minimum absolute atomic E-state index is 0.152. The lowest BCUT2D eigenvalue weighted by atomic mass is 9.98. The van der Waals surface area contributed by atoms with Crippen molar-refractivity contribution in [2.24, 2.45) is 0 Å². The van der Waals surface area contributed by atoms with E-state index in [4.69, 9.17) is 4.42 Å². The van der Waals surface area contributed by atoms with Gasteiger partial charge in [0.2, 0.25) is 0 Å². The molecule has 0 radical (unpaired) electrons. The van der Waals surface area contributed by atoms with Crippen molar-refractivity contribution in [2.45, 2.75) is 12.5 Å². The second-order valence-corrected chi connectivity index (χ2v) is 7.16. The number of carbonyl (C=O) groups is 2. The lowest BCUT2D eigenvalue weighted by Gasteiger charge is -2.25. The molecular formula is C19H17N3O6S. The number of non-ortho nitro benzene ring substituents is 1. The summed E-state index contributed by atoms with van der Waals surface area (Å²) in [5, 5.41) is 28.5. The van der Waals surface area contributed by atoms with Crippen LogP contribution in [0.15, 0.2) is 58.5 Å². The highest BCUT2D eigenvalue weighted by Gasteiger charge is 2.36. The van der Waals surface area contributed by atoms with Gasteiger partial charge in [0.1, 0.15) is 5.76 Å². The van der Waals surface area contributed by atoms with Gasteiger partial charge in [-0.15, -0.1) is 11.3 Å². The molecule has 3 rings (SSSR count). The van der Waals surface area contributed by atoms with Crippen molar-refractivity contribution in [2.75, 3.05) is 11.9 Å². The fraction of sp³-hybridized carbons (Fsp3) is 0.158. The van der Waals surface area contributed by atoms with Gasteiger partial charge in [-0.3, -0.25) is 19.7 Å². The number of carbonyl (C=O) groups excluding carboxylic acids is 2. The fourth-order valence-electron chi connectivity index (χ4n) is 2.65. The van der Waals surface area contributed by atoms with Crippen LogP contribution >= 0.6 is 11.3 Å². The van der Waals surface area contributed by atoms with E-state index in [2.05, 4.69) is 10.6 Å². The summed E-state index contributed by atoms with van der Waals surface area (Å²) in [4.78, 5) is 35.3. The van der Waals surface area contributed by atoms with Gasteiger partial charge in [-0.25, -0.2) is 0 Å². The predicted octanol–water partition coefficient (Wildman–Crippen LogP) is 2.55. The number of aliphatic hydroxyl groups is 1. The molecule has 1 unspecified atom stereocenters. The molecule has 2 aromatic heterocycles. The molecule has 0 aliphatic carbocycles. The SMILES string of the molecule is Cc1ccc([N+](=O)[O-])cc1NC(=O)C(=O)NCC(O)(c1ccco1)c1cccs1. The van der Waals surface area contributed by atoms with E-state index in [1.807, 2.05) is 0 Å². The van der Waals surface area contributed by atoms with E-state index < -0.39 is 22.3 Å². The van der Waals surface area contributed by atoms with Gasteiger partial charge in [0, 0.05) is 17.0 Å². The number of thiophene rings is 1. The van der Waals surface area contributed by atoms with Gasteiger partial charge in [0.15, 0.2) is 5.60 Å². The second kappa shape index (κ2) is 8.25. The molecule has 1 aromatic carbocycles. The molecule has 29 heavy (non-hydrogen) atoms. The van der Waals surface area contributed by atoms with E-state index in [0.29, 0.717) is 10.4 Å². The van der Waals surface area contributed by atoms with Crippen LogP contribution in [0, 0.1) is 17.0 Å². The van der Waals surface area contributed by atoms with Gasteiger partial charge >= 0.3 is 11.8 Å². The van der Waals surface area contributed by atoms with Crippen molar-refractivity contribution < 1.29 is 24.0 Å². The third-order valence-electron chi connectivity index (χ3n) is 4.25. The van der Waals surface area contributed by atoms with Crippen molar-refractivity contribution in [3.8, 4) is 0 Å².